The number of phenols is 2. The fourth-order valence-electron chi connectivity index (χ4n) is 3.20. The van der Waals surface area contributed by atoms with E-state index in [1.807, 2.05) is 13.8 Å². The van der Waals surface area contributed by atoms with Gasteiger partial charge < -0.3 is 14.9 Å². The zero-order chi connectivity index (χ0) is 22.9. The molecule has 0 saturated carbocycles. The molecule has 0 saturated heterocycles. The van der Waals surface area contributed by atoms with Crippen LogP contribution in [0.1, 0.15) is 25.3 Å². The van der Waals surface area contributed by atoms with E-state index in [-0.39, 0.29) is 40.1 Å². The maximum atomic E-state index is 12.0. The number of phenolic OH excluding ortho intramolecular Hbond substituents is 2. The van der Waals surface area contributed by atoms with Gasteiger partial charge in [0.15, 0.2) is 9.84 Å². The molecule has 31 heavy (non-hydrogen) atoms. The highest BCUT2D eigenvalue weighted by Gasteiger charge is 2.23. The van der Waals surface area contributed by atoms with Gasteiger partial charge in [0.25, 0.3) is 0 Å². The lowest BCUT2D eigenvalue weighted by molar-refractivity contribution is -0.141. The zero-order valence-electron chi connectivity index (χ0n) is 17.5. The van der Waals surface area contributed by atoms with Crippen molar-refractivity contribution in [2.24, 2.45) is 0 Å². The number of aromatic nitrogens is 3. The van der Waals surface area contributed by atoms with Gasteiger partial charge in [0.05, 0.1) is 17.7 Å². The molecule has 2 aromatic carbocycles. The first kappa shape index (κ1) is 22.3. The minimum absolute atomic E-state index is 0.0403. The molecule has 3 rings (SSSR count). The molecule has 0 radical (unpaired) electrons. The van der Waals surface area contributed by atoms with E-state index in [9.17, 15) is 23.4 Å². The monoisotopic (exact) mass is 445 g/mol. The van der Waals surface area contributed by atoms with Crippen LogP contribution < -0.4 is 0 Å². The molecule has 164 valence electrons. The van der Waals surface area contributed by atoms with Gasteiger partial charge in [-0.1, -0.05) is 31.2 Å². The number of sulfone groups is 1. The second-order valence-corrected chi connectivity index (χ2v) is 9.42. The Morgan fingerprint density at radius 2 is 1.87 bits per heavy atom. The van der Waals surface area contributed by atoms with Gasteiger partial charge in [0, 0.05) is 23.4 Å². The van der Waals surface area contributed by atoms with Gasteiger partial charge in [0.1, 0.15) is 23.7 Å². The van der Waals surface area contributed by atoms with Crippen molar-refractivity contribution < 1.29 is 28.2 Å². The van der Waals surface area contributed by atoms with Crippen molar-refractivity contribution in [2.45, 2.75) is 31.2 Å². The van der Waals surface area contributed by atoms with E-state index in [0.29, 0.717) is 16.8 Å². The number of hydrogen-bond donors (Lipinski definition) is 2. The molecular formula is C21H23N3O6S. The molecule has 0 aliphatic carbocycles. The average Bonchev–Trinajstić information content (AvgIpc) is 3.10. The Hall–Kier alpha value is -3.40. The molecule has 0 spiro atoms. The number of rotatable bonds is 6. The molecule has 0 aliphatic rings. The Kier molecular flexibility index (Phi) is 6.03. The second-order valence-electron chi connectivity index (χ2n) is 7.40. The van der Waals surface area contributed by atoms with Gasteiger partial charge in [-0.05, 0) is 29.7 Å². The normalized spacial score (nSPS) is 11.6. The highest BCUT2D eigenvalue weighted by molar-refractivity contribution is 7.90. The van der Waals surface area contributed by atoms with Crippen LogP contribution in [0.15, 0.2) is 41.3 Å². The van der Waals surface area contributed by atoms with Gasteiger partial charge in [-0.3, -0.25) is 4.79 Å². The summed E-state index contributed by atoms with van der Waals surface area (Å²) in [5.41, 5.74) is 1.87. The van der Waals surface area contributed by atoms with Crippen LogP contribution in [0, 0.1) is 0 Å². The van der Waals surface area contributed by atoms with Crippen LogP contribution in [-0.2, 0) is 25.9 Å². The van der Waals surface area contributed by atoms with E-state index < -0.39 is 15.8 Å². The van der Waals surface area contributed by atoms with Gasteiger partial charge in [-0.2, -0.15) is 0 Å². The Morgan fingerprint density at radius 1 is 1.16 bits per heavy atom. The average molecular weight is 445 g/mol. The largest absolute Gasteiger partial charge is 0.508 e. The number of esters is 1. The number of hydrogen-bond acceptors (Lipinski definition) is 8. The molecule has 0 bridgehead atoms. The highest BCUT2D eigenvalue weighted by atomic mass is 32.2. The quantitative estimate of drug-likeness (QED) is 0.554. The molecule has 3 aromatic rings. The molecule has 0 unspecified atom stereocenters. The van der Waals surface area contributed by atoms with Crippen molar-refractivity contribution in [1.82, 2.24) is 15.0 Å². The van der Waals surface area contributed by atoms with E-state index in [1.165, 1.54) is 30.0 Å². The van der Waals surface area contributed by atoms with Gasteiger partial charge >= 0.3 is 5.97 Å². The highest BCUT2D eigenvalue weighted by Crippen LogP contribution is 2.40. The molecule has 0 fully saturated rings. The summed E-state index contributed by atoms with van der Waals surface area (Å²) < 4.78 is 30.1. The minimum Gasteiger partial charge on any atom is -0.508 e. The molecule has 1 heterocycles. The SMILES string of the molecule is COC(=O)Cn1nnc(-c2cc(C(C)C)c(O)cc2O)c1-c1cccc(S(C)(=O)=O)c1. The topological polar surface area (TPSA) is 132 Å². The Balaban J connectivity index is 2.30. The molecule has 9 nitrogen and oxygen atoms in total. The molecule has 0 amide bonds. The predicted molar refractivity (Wildman–Crippen MR) is 113 cm³/mol. The first-order valence-electron chi connectivity index (χ1n) is 9.40. The van der Waals surface area contributed by atoms with Gasteiger partial charge in [-0.25, -0.2) is 13.1 Å². The fraction of sp³-hybridized carbons (Fsp3) is 0.286. The number of methoxy groups -OCH3 is 1. The van der Waals surface area contributed by atoms with E-state index in [2.05, 4.69) is 10.3 Å². The molecule has 1 aromatic heterocycles. The van der Waals surface area contributed by atoms with Crippen molar-refractivity contribution >= 4 is 15.8 Å². The number of carbonyl (C=O) groups is 1. The van der Waals surface area contributed by atoms with Crippen LogP contribution in [0.2, 0.25) is 0 Å². The summed E-state index contributed by atoms with van der Waals surface area (Å²) in [6.45, 7) is 3.51. The van der Waals surface area contributed by atoms with Gasteiger partial charge in [0.2, 0.25) is 0 Å². The van der Waals surface area contributed by atoms with E-state index in [4.69, 9.17) is 4.74 Å². The fourth-order valence-corrected chi connectivity index (χ4v) is 3.86. The summed E-state index contributed by atoms with van der Waals surface area (Å²) in [5.74, 6) is -0.900. The summed E-state index contributed by atoms with van der Waals surface area (Å²) in [6.07, 6.45) is 1.09. The first-order valence-corrected chi connectivity index (χ1v) is 11.3. The van der Waals surface area contributed by atoms with Crippen LogP contribution in [0.3, 0.4) is 0 Å². The van der Waals surface area contributed by atoms with Crippen LogP contribution >= 0.6 is 0 Å². The Labute approximate surface area is 179 Å². The maximum Gasteiger partial charge on any atom is 0.327 e. The number of nitrogens with zero attached hydrogens (tertiary/aromatic N) is 3. The number of carbonyl (C=O) groups excluding carboxylic acids is 1. The van der Waals surface area contributed by atoms with Crippen molar-refractivity contribution in [3.8, 4) is 34.0 Å². The second kappa shape index (κ2) is 8.38. The lowest BCUT2D eigenvalue weighted by Crippen LogP contribution is -2.14. The Morgan fingerprint density at radius 3 is 2.48 bits per heavy atom. The van der Waals surface area contributed by atoms with E-state index in [0.717, 1.165) is 6.26 Å². The van der Waals surface area contributed by atoms with Crippen molar-refractivity contribution in [3.63, 3.8) is 0 Å². The van der Waals surface area contributed by atoms with Crippen LogP contribution in [0.5, 0.6) is 11.5 Å². The third-order valence-electron chi connectivity index (χ3n) is 4.80. The first-order chi connectivity index (χ1) is 14.5. The van der Waals surface area contributed by atoms with Crippen molar-refractivity contribution in [1.29, 1.82) is 0 Å². The van der Waals surface area contributed by atoms with Crippen molar-refractivity contribution in [3.05, 3.63) is 42.0 Å². The molecular weight excluding hydrogens is 422 g/mol. The van der Waals surface area contributed by atoms with Crippen LogP contribution in [-0.4, -0.2) is 53.0 Å². The molecule has 0 atom stereocenters. The lowest BCUT2D eigenvalue weighted by atomic mass is 9.96. The van der Waals surface area contributed by atoms with Crippen LogP contribution in [0.25, 0.3) is 22.5 Å². The molecule has 0 aliphatic heterocycles. The summed E-state index contributed by atoms with van der Waals surface area (Å²) in [7, 11) is -2.25. The zero-order valence-corrected chi connectivity index (χ0v) is 18.3. The summed E-state index contributed by atoms with van der Waals surface area (Å²) in [6, 6.07) is 8.97. The van der Waals surface area contributed by atoms with Crippen molar-refractivity contribution in [2.75, 3.05) is 13.4 Å². The molecule has 10 heteroatoms. The standard InChI is InChI=1S/C21H23N3O6S/c1-12(2)15-9-16(18(26)10-17(15)25)20-21(24(23-22-20)11-19(27)30-3)13-6-5-7-14(8-13)31(4,28)29/h5-10,12,25-26H,11H2,1-4H3. The number of aromatic hydroxyl groups is 2. The van der Waals surface area contributed by atoms with E-state index >= 15 is 0 Å². The minimum atomic E-state index is -3.49. The predicted octanol–water partition coefficient (Wildman–Crippen LogP) is 2.72. The molecule has 2 N–H and O–H groups in total. The summed E-state index contributed by atoms with van der Waals surface area (Å²) >= 11 is 0. The third kappa shape index (κ3) is 4.53. The lowest BCUT2D eigenvalue weighted by Gasteiger charge is -2.13. The number of benzene rings is 2. The van der Waals surface area contributed by atoms with Gasteiger partial charge in [-0.15, -0.1) is 5.10 Å². The number of ether oxygens (including phenoxy) is 1. The third-order valence-corrected chi connectivity index (χ3v) is 5.91. The summed E-state index contributed by atoms with van der Waals surface area (Å²) in [5, 5.41) is 28.9. The van der Waals surface area contributed by atoms with E-state index in [1.54, 1.807) is 18.2 Å². The smallest absolute Gasteiger partial charge is 0.327 e. The Bertz CT molecular complexity index is 1250. The summed E-state index contributed by atoms with van der Waals surface area (Å²) in [4.78, 5) is 12.0. The van der Waals surface area contributed by atoms with Crippen LogP contribution in [0.4, 0.5) is 0 Å². The maximum absolute atomic E-state index is 12.0.